The summed E-state index contributed by atoms with van der Waals surface area (Å²) in [6, 6.07) is 12.3. The fourth-order valence-corrected chi connectivity index (χ4v) is 3.64. The van der Waals surface area contributed by atoms with Gasteiger partial charge in [-0.15, -0.1) is 0 Å². The van der Waals surface area contributed by atoms with E-state index < -0.39 is 16.0 Å². The van der Waals surface area contributed by atoms with Gasteiger partial charge in [-0.25, -0.2) is 32.3 Å². The Morgan fingerprint density at radius 2 is 1.79 bits per heavy atom. The molecule has 0 bridgehead atoms. The van der Waals surface area contributed by atoms with Gasteiger partial charge in [-0.1, -0.05) is 24.3 Å². The van der Waals surface area contributed by atoms with Crippen molar-refractivity contribution in [3.8, 4) is 11.4 Å². The summed E-state index contributed by atoms with van der Waals surface area (Å²) in [4.78, 5) is 18.5. The quantitative estimate of drug-likeness (QED) is 0.306. The summed E-state index contributed by atoms with van der Waals surface area (Å²) in [5.41, 5.74) is 6.73. The molecule has 0 unspecified atom stereocenters. The lowest BCUT2D eigenvalue weighted by molar-refractivity contribution is 0.0696. The van der Waals surface area contributed by atoms with Crippen molar-refractivity contribution in [1.82, 2.24) is 14.7 Å². The van der Waals surface area contributed by atoms with Gasteiger partial charge in [0.2, 0.25) is 10.0 Å². The third-order valence-electron chi connectivity index (χ3n) is 4.20. The van der Waals surface area contributed by atoms with Crippen LogP contribution >= 0.6 is 0 Å². The van der Waals surface area contributed by atoms with Crippen LogP contribution in [0.5, 0.6) is 0 Å². The molecule has 182 valence electrons. The van der Waals surface area contributed by atoms with Crippen molar-refractivity contribution in [1.29, 1.82) is 0 Å². The van der Waals surface area contributed by atoms with Crippen LogP contribution in [0.1, 0.15) is 15.9 Å². The number of hydrogen-bond acceptors (Lipinski definition) is 8. The summed E-state index contributed by atoms with van der Waals surface area (Å²) < 4.78 is 44.0. The van der Waals surface area contributed by atoms with E-state index in [-0.39, 0.29) is 42.6 Å². The number of aliphatic hydroxyl groups is 1. The second kappa shape index (κ2) is 13.4. The van der Waals surface area contributed by atoms with Gasteiger partial charge in [0.1, 0.15) is 5.82 Å². The highest BCUT2D eigenvalue weighted by atomic mass is 32.2. The standard InChI is InChI=1S/C11H7FN2O2.C11H18N2O4S/c12-9-3-1-2-7(4-9)10-13-5-8(6-14-10)11(15)16;12-9-10-2-1-3-11(8-10)18(15,16)13-4-6-17-7-5-14/h1-6H,(H,15,16);1-3,8,13-14H,4-7,9,12H2. The Morgan fingerprint density at radius 3 is 2.41 bits per heavy atom. The topological polar surface area (TPSA) is 165 Å². The molecule has 0 saturated heterocycles. The number of halogens is 1. The van der Waals surface area contributed by atoms with E-state index in [2.05, 4.69) is 14.7 Å². The summed E-state index contributed by atoms with van der Waals surface area (Å²) in [7, 11) is -3.53. The molecule has 34 heavy (non-hydrogen) atoms. The SMILES string of the molecule is NCc1cccc(S(=O)(=O)NCCOCCO)c1.O=C(O)c1cnc(-c2cccc(F)c2)nc1. The van der Waals surface area contributed by atoms with E-state index in [0.717, 1.165) is 5.56 Å². The number of aromatic nitrogens is 2. The van der Waals surface area contributed by atoms with Gasteiger partial charge < -0.3 is 20.7 Å². The molecule has 5 N–H and O–H groups in total. The van der Waals surface area contributed by atoms with E-state index in [1.54, 1.807) is 24.3 Å². The van der Waals surface area contributed by atoms with Gasteiger partial charge in [-0.2, -0.15) is 0 Å². The van der Waals surface area contributed by atoms with E-state index in [1.165, 1.54) is 36.7 Å². The lowest BCUT2D eigenvalue weighted by Gasteiger charge is -2.08. The number of rotatable bonds is 10. The molecule has 0 radical (unpaired) electrons. The van der Waals surface area contributed by atoms with Crippen LogP contribution in [0.25, 0.3) is 11.4 Å². The van der Waals surface area contributed by atoms with Gasteiger partial charge in [-0.05, 0) is 29.8 Å². The number of aromatic carboxylic acids is 1. The molecule has 12 heteroatoms. The number of carbonyl (C=O) groups is 1. The van der Waals surface area contributed by atoms with Gasteiger partial charge >= 0.3 is 5.97 Å². The van der Waals surface area contributed by atoms with E-state index >= 15 is 0 Å². The first kappa shape index (κ1) is 27.0. The Labute approximate surface area is 196 Å². The minimum absolute atomic E-state index is 0.000142. The second-order valence-electron chi connectivity index (χ2n) is 6.70. The molecule has 10 nitrogen and oxygen atoms in total. The van der Waals surface area contributed by atoms with Crippen LogP contribution in [0.4, 0.5) is 4.39 Å². The van der Waals surface area contributed by atoms with Crippen molar-refractivity contribution in [2.45, 2.75) is 11.4 Å². The van der Waals surface area contributed by atoms with Gasteiger partial charge in [-0.3, -0.25) is 0 Å². The van der Waals surface area contributed by atoms with E-state index in [4.69, 9.17) is 20.7 Å². The molecule has 1 aromatic heterocycles. The third kappa shape index (κ3) is 8.57. The molecule has 0 saturated carbocycles. The molecule has 0 amide bonds. The first-order valence-electron chi connectivity index (χ1n) is 10.1. The predicted octanol–water partition coefficient (Wildman–Crippen LogP) is 1.41. The number of aliphatic hydroxyl groups excluding tert-OH is 1. The number of carboxylic acids is 1. The van der Waals surface area contributed by atoms with Gasteiger partial charge in [0.15, 0.2) is 5.82 Å². The van der Waals surface area contributed by atoms with Crippen LogP contribution in [-0.4, -0.2) is 60.9 Å². The maximum atomic E-state index is 12.9. The Bertz CT molecular complexity index is 1180. The lowest BCUT2D eigenvalue weighted by Crippen LogP contribution is -2.27. The normalized spacial score (nSPS) is 10.9. The number of carboxylic acid groups (broad SMARTS) is 1. The smallest absolute Gasteiger partial charge is 0.338 e. The van der Waals surface area contributed by atoms with Gasteiger partial charge in [0, 0.05) is 31.0 Å². The maximum absolute atomic E-state index is 12.9. The van der Waals surface area contributed by atoms with Crippen molar-refractivity contribution in [3.05, 3.63) is 77.9 Å². The first-order valence-corrected chi connectivity index (χ1v) is 11.5. The highest BCUT2D eigenvalue weighted by Crippen LogP contribution is 2.15. The molecule has 0 spiro atoms. The highest BCUT2D eigenvalue weighted by Gasteiger charge is 2.13. The molecule has 3 aromatic rings. The van der Waals surface area contributed by atoms with Crippen molar-refractivity contribution < 1.29 is 32.6 Å². The summed E-state index contributed by atoms with van der Waals surface area (Å²) in [5, 5.41) is 17.1. The number of sulfonamides is 1. The molecule has 1 heterocycles. The summed E-state index contributed by atoms with van der Waals surface area (Å²) in [5.74, 6) is -1.18. The van der Waals surface area contributed by atoms with Crippen molar-refractivity contribution in [2.24, 2.45) is 5.73 Å². The summed E-state index contributed by atoms with van der Waals surface area (Å²) >= 11 is 0. The Hall–Kier alpha value is -3.29. The number of nitrogens with zero attached hydrogens (tertiary/aromatic N) is 2. The molecule has 0 fully saturated rings. The lowest BCUT2D eigenvalue weighted by atomic mass is 10.2. The van der Waals surface area contributed by atoms with Crippen LogP contribution in [0.2, 0.25) is 0 Å². The number of nitrogens with two attached hydrogens (primary N) is 1. The number of ether oxygens (including phenoxy) is 1. The number of nitrogens with one attached hydrogen (secondary N) is 1. The van der Waals surface area contributed by atoms with Crippen LogP contribution in [-0.2, 0) is 21.3 Å². The Balaban J connectivity index is 0.000000241. The number of hydrogen-bond donors (Lipinski definition) is 4. The fraction of sp³-hybridized carbons (Fsp3) is 0.227. The largest absolute Gasteiger partial charge is 0.478 e. The van der Waals surface area contributed by atoms with E-state index in [9.17, 15) is 17.6 Å². The van der Waals surface area contributed by atoms with Crippen LogP contribution in [0.3, 0.4) is 0 Å². The van der Waals surface area contributed by atoms with Crippen molar-refractivity contribution in [2.75, 3.05) is 26.4 Å². The monoisotopic (exact) mass is 492 g/mol. The van der Waals surface area contributed by atoms with E-state index in [1.807, 2.05) is 0 Å². The zero-order chi connectivity index (χ0) is 25.0. The van der Waals surface area contributed by atoms with Gasteiger partial charge in [0.05, 0.1) is 30.3 Å². The molecule has 0 aliphatic rings. The average molecular weight is 493 g/mol. The Morgan fingerprint density at radius 1 is 1.09 bits per heavy atom. The van der Waals surface area contributed by atoms with Crippen molar-refractivity contribution >= 4 is 16.0 Å². The molecular weight excluding hydrogens is 467 g/mol. The Kier molecular flexibility index (Phi) is 10.6. The van der Waals surface area contributed by atoms with Crippen LogP contribution in [0, 0.1) is 5.82 Å². The maximum Gasteiger partial charge on any atom is 0.338 e. The fourth-order valence-electron chi connectivity index (χ4n) is 2.55. The van der Waals surface area contributed by atoms with Crippen molar-refractivity contribution in [3.63, 3.8) is 0 Å². The van der Waals surface area contributed by atoms with Gasteiger partial charge in [0.25, 0.3) is 0 Å². The molecule has 0 aliphatic carbocycles. The average Bonchev–Trinajstić information content (AvgIpc) is 2.84. The second-order valence-corrected chi connectivity index (χ2v) is 8.46. The molecule has 0 aliphatic heterocycles. The molecule has 3 rings (SSSR count). The third-order valence-corrected chi connectivity index (χ3v) is 5.66. The molecule has 2 aromatic carbocycles. The predicted molar refractivity (Wildman–Crippen MR) is 122 cm³/mol. The number of benzene rings is 2. The minimum atomic E-state index is -3.53. The van der Waals surface area contributed by atoms with E-state index in [0.29, 0.717) is 17.9 Å². The highest BCUT2D eigenvalue weighted by molar-refractivity contribution is 7.89. The molecular formula is C22H25FN4O6S. The first-order chi connectivity index (χ1) is 16.3. The van der Waals surface area contributed by atoms with Crippen LogP contribution < -0.4 is 10.5 Å². The summed E-state index contributed by atoms with van der Waals surface area (Å²) in [6.45, 7) is 0.796. The molecule has 0 atom stereocenters. The zero-order valence-electron chi connectivity index (χ0n) is 18.1. The zero-order valence-corrected chi connectivity index (χ0v) is 18.9. The van der Waals surface area contributed by atoms with Crippen LogP contribution in [0.15, 0.2) is 65.8 Å². The summed E-state index contributed by atoms with van der Waals surface area (Å²) in [6.07, 6.45) is 2.38. The minimum Gasteiger partial charge on any atom is -0.478 e.